The number of rotatable bonds is 4. The van der Waals surface area contributed by atoms with Gasteiger partial charge in [-0.25, -0.2) is 0 Å². The monoisotopic (exact) mass is 296 g/mol. The van der Waals surface area contributed by atoms with Crippen molar-refractivity contribution < 1.29 is 37.2 Å². The molecule has 0 aromatic carbocycles. The van der Waals surface area contributed by atoms with Gasteiger partial charge in [0.2, 0.25) is 0 Å². The second kappa shape index (κ2) is 24.2. The molecule has 94 valence electrons. The first kappa shape index (κ1) is 29.7. The summed E-state index contributed by atoms with van der Waals surface area (Å²) in [4.78, 5) is 0. The Bertz CT molecular complexity index is 66.0. The fourth-order valence-corrected chi connectivity index (χ4v) is 0.816. The van der Waals surface area contributed by atoms with Crippen molar-refractivity contribution in [2.45, 2.75) is 53.4 Å². The van der Waals surface area contributed by atoms with Crippen molar-refractivity contribution in [2.75, 3.05) is 0 Å². The van der Waals surface area contributed by atoms with E-state index >= 15 is 0 Å². The molecule has 0 bridgehead atoms. The van der Waals surface area contributed by atoms with E-state index < -0.39 is 0 Å². The summed E-state index contributed by atoms with van der Waals surface area (Å²) in [5.74, 6) is 1.67. The molecule has 0 fully saturated rings. The fourth-order valence-electron chi connectivity index (χ4n) is 0.816. The molecule has 0 saturated carbocycles. The van der Waals surface area contributed by atoms with E-state index in [0.717, 1.165) is 24.7 Å². The van der Waals surface area contributed by atoms with Crippen LogP contribution in [0, 0.1) is 25.7 Å². The van der Waals surface area contributed by atoms with E-state index in [-0.39, 0.29) is 37.2 Å². The average molecular weight is 298 g/mol. The number of hydrogen-bond acceptors (Lipinski definition) is 0. The third-order valence-electron chi connectivity index (χ3n) is 1.56. The second-order valence-corrected chi connectivity index (χ2v) is 4.07. The zero-order chi connectivity index (χ0) is 9.98. The van der Waals surface area contributed by atoms with Crippen LogP contribution in [0.5, 0.6) is 0 Å². The van der Waals surface area contributed by atoms with Gasteiger partial charge in [0.1, 0.15) is 0 Å². The maximum Gasteiger partial charge on any atom is 2.00 e. The van der Waals surface area contributed by atoms with Crippen LogP contribution in [0.4, 0.5) is 0 Å². The summed E-state index contributed by atoms with van der Waals surface area (Å²) in [6.45, 7) is 16.3. The summed E-state index contributed by atoms with van der Waals surface area (Å²) >= 11 is 0. The summed E-state index contributed by atoms with van der Waals surface area (Å²) < 4.78 is 0. The second-order valence-electron chi connectivity index (χ2n) is 4.07. The molecular weight excluding hydrogens is 267 g/mol. The van der Waals surface area contributed by atoms with Crippen LogP contribution in [0.1, 0.15) is 53.4 Å². The zero-order valence-corrected chi connectivity index (χ0v) is 13.4. The third kappa shape index (κ3) is 52.4. The molecule has 0 aliphatic carbocycles. The molecular formula is C12H30O2Zr. The Labute approximate surface area is 116 Å². The fraction of sp³-hybridized carbons (Fsp3) is 0.833. The summed E-state index contributed by atoms with van der Waals surface area (Å²) in [6.07, 6.45) is 4.69. The Balaban J connectivity index is -0.0000000370. The minimum atomic E-state index is 0. The van der Waals surface area contributed by atoms with Gasteiger partial charge < -0.3 is 24.8 Å². The molecule has 0 unspecified atom stereocenters. The van der Waals surface area contributed by atoms with E-state index in [1.165, 1.54) is 12.8 Å². The molecule has 3 heteroatoms. The summed E-state index contributed by atoms with van der Waals surface area (Å²) in [5, 5.41) is 0. The molecule has 15 heavy (non-hydrogen) atoms. The molecule has 0 aromatic rings. The summed E-state index contributed by atoms with van der Waals surface area (Å²) in [6, 6.07) is 0. The quantitative estimate of drug-likeness (QED) is 0.716. The van der Waals surface area contributed by atoms with Crippen LogP contribution < -0.4 is 0 Å². The molecule has 0 atom stereocenters. The molecule has 4 N–H and O–H groups in total. The molecule has 0 amide bonds. The van der Waals surface area contributed by atoms with E-state index in [9.17, 15) is 0 Å². The minimum absolute atomic E-state index is 0. The van der Waals surface area contributed by atoms with Crippen LogP contribution in [0.2, 0.25) is 0 Å². The Morgan fingerprint density at radius 1 is 0.733 bits per heavy atom. The van der Waals surface area contributed by atoms with Crippen LogP contribution >= 0.6 is 0 Å². The van der Waals surface area contributed by atoms with Crippen LogP contribution in [0.15, 0.2) is 0 Å². The molecule has 2 nitrogen and oxygen atoms in total. The average Bonchev–Trinajstić information content (AvgIpc) is 1.87. The van der Waals surface area contributed by atoms with Crippen LogP contribution in [-0.2, 0) is 26.2 Å². The maximum absolute atomic E-state index is 3.73. The Morgan fingerprint density at radius 3 is 0.933 bits per heavy atom. The SMILES string of the molecule is O.O.[CH2-]CCC(C)C.[CH2-]CCC(C)C.[Zr+2]. The van der Waals surface area contributed by atoms with Gasteiger partial charge in [0.05, 0.1) is 0 Å². The van der Waals surface area contributed by atoms with Crippen molar-refractivity contribution in [3.8, 4) is 0 Å². The molecule has 0 aliphatic rings. The molecule has 0 rings (SSSR count). The zero-order valence-electron chi connectivity index (χ0n) is 10.9. The number of hydrogen-bond donors (Lipinski definition) is 0. The predicted octanol–water partition coefficient (Wildman–Crippen LogP) is 2.86. The largest absolute Gasteiger partial charge is 2.00 e. The van der Waals surface area contributed by atoms with E-state index in [4.69, 9.17) is 0 Å². The topological polar surface area (TPSA) is 63.0 Å². The van der Waals surface area contributed by atoms with Crippen molar-refractivity contribution >= 4 is 0 Å². The van der Waals surface area contributed by atoms with Crippen LogP contribution in [-0.4, -0.2) is 11.0 Å². The van der Waals surface area contributed by atoms with E-state index in [1.54, 1.807) is 0 Å². The summed E-state index contributed by atoms with van der Waals surface area (Å²) in [5.41, 5.74) is 0. The van der Waals surface area contributed by atoms with Gasteiger partial charge >= 0.3 is 26.2 Å². The van der Waals surface area contributed by atoms with Crippen molar-refractivity contribution in [3.05, 3.63) is 13.8 Å². The van der Waals surface area contributed by atoms with Crippen LogP contribution in [0.3, 0.4) is 0 Å². The molecule has 0 aromatic heterocycles. The van der Waals surface area contributed by atoms with Gasteiger partial charge in [0.25, 0.3) is 0 Å². The Morgan fingerprint density at radius 2 is 0.933 bits per heavy atom. The van der Waals surface area contributed by atoms with Crippen molar-refractivity contribution in [3.63, 3.8) is 0 Å². The van der Waals surface area contributed by atoms with Crippen molar-refractivity contribution in [2.24, 2.45) is 11.8 Å². The normalized spacial score (nSPS) is 8.00. The van der Waals surface area contributed by atoms with Gasteiger partial charge in [0.15, 0.2) is 0 Å². The molecule has 0 saturated heterocycles. The van der Waals surface area contributed by atoms with Gasteiger partial charge in [-0.05, 0) is 11.8 Å². The maximum atomic E-state index is 3.73. The molecule has 0 aliphatic heterocycles. The van der Waals surface area contributed by atoms with Gasteiger partial charge in [0, 0.05) is 0 Å². The Hall–Kier alpha value is 0.803. The first-order chi connectivity index (χ1) is 5.54. The molecule has 0 heterocycles. The molecule has 0 spiro atoms. The summed E-state index contributed by atoms with van der Waals surface area (Å²) in [7, 11) is 0. The van der Waals surface area contributed by atoms with E-state index in [1.807, 2.05) is 0 Å². The predicted molar refractivity (Wildman–Crippen MR) is 66.1 cm³/mol. The van der Waals surface area contributed by atoms with E-state index in [0.29, 0.717) is 0 Å². The van der Waals surface area contributed by atoms with Crippen molar-refractivity contribution in [1.82, 2.24) is 0 Å². The van der Waals surface area contributed by atoms with Gasteiger partial charge in [-0.1, -0.05) is 40.5 Å². The van der Waals surface area contributed by atoms with Gasteiger partial charge in [-0.3, -0.25) is 0 Å². The molecule has 0 radical (unpaired) electrons. The van der Waals surface area contributed by atoms with Gasteiger partial charge in [-0.15, -0.1) is 0 Å². The minimum Gasteiger partial charge on any atom is -0.412 e. The smallest absolute Gasteiger partial charge is 0.412 e. The van der Waals surface area contributed by atoms with Crippen LogP contribution in [0.25, 0.3) is 0 Å². The Kier molecular flexibility index (Phi) is 47.8. The van der Waals surface area contributed by atoms with Crippen molar-refractivity contribution in [1.29, 1.82) is 0 Å². The first-order valence-electron chi connectivity index (χ1n) is 5.13. The van der Waals surface area contributed by atoms with Gasteiger partial charge in [-0.2, -0.15) is 12.8 Å². The standard InChI is InChI=1S/2C6H13.2H2O.Zr/c2*1-4-5-6(2)3;;;/h2*6H,1,4-5H2,2-3H3;2*1H2;/q2*-1;;;+2. The first-order valence-corrected chi connectivity index (χ1v) is 5.13. The third-order valence-corrected chi connectivity index (χ3v) is 1.56. The van der Waals surface area contributed by atoms with E-state index in [2.05, 4.69) is 41.5 Å².